The second kappa shape index (κ2) is 7.13. The monoisotopic (exact) mass is 243 g/mol. The maximum Gasteiger partial charge on any atom is 0.0621 e. The Morgan fingerprint density at radius 2 is 2.11 bits per heavy atom. The van der Waals surface area contributed by atoms with Crippen LogP contribution in [-0.2, 0) is 0 Å². The SMILES string of the molecule is N#CCCCC(c1ccccn1)N1CCCCC1. The quantitative estimate of drug-likeness (QED) is 0.745. The summed E-state index contributed by atoms with van der Waals surface area (Å²) >= 11 is 0. The summed E-state index contributed by atoms with van der Waals surface area (Å²) in [5, 5.41) is 8.68. The van der Waals surface area contributed by atoms with Crippen LogP contribution in [0.4, 0.5) is 0 Å². The highest BCUT2D eigenvalue weighted by atomic mass is 15.2. The molecule has 0 amide bonds. The van der Waals surface area contributed by atoms with Gasteiger partial charge in [-0.25, -0.2) is 0 Å². The second-order valence-electron chi connectivity index (χ2n) is 4.92. The van der Waals surface area contributed by atoms with Crippen LogP contribution in [0.25, 0.3) is 0 Å². The van der Waals surface area contributed by atoms with Gasteiger partial charge < -0.3 is 0 Å². The summed E-state index contributed by atoms with van der Waals surface area (Å²) in [4.78, 5) is 7.05. The van der Waals surface area contributed by atoms with E-state index in [0.717, 1.165) is 18.5 Å². The molecule has 1 aromatic rings. The van der Waals surface area contributed by atoms with Crippen molar-refractivity contribution in [3.05, 3.63) is 30.1 Å². The van der Waals surface area contributed by atoms with E-state index >= 15 is 0 Å². The lowest BCUT2D eigenvalue weighted by Crippen LogP contribution is -2.34. The lowest BCUT2D eigenvalue weighted by atomic mass is 10.0. The normalized spacial score (nSPS) is 18.2. The molecular weight excluding hydrogens is 222 g/mol. The molecule has 2 heterocycles. The van der Waals surface area contributed by atoms with Gasteiger partial charge in [-0.05, 0) is 50.9 Å². The number of aromatic nitrogens is 1. The first-order valence-electron chi connectivity index (χ1n) is 6.94. The highest BCUT2D eigenvalue weighted by Crippen LogP contribution is 2.27. The molecule has 96 valence electrons. The van der Waals surface area contributed by atoms with Gasteiger partial charge in [0.05, 0.1) is 17.8 Å². The van der Waals surface area contributed by atoms with E-state index < -0.39 is 0 Å². The molecule has 0 bridgehead atoms. The molecule has 1 aliphatic heterocycles. The standard InChI is InChI=1S/C15H21N3/c16-10-4-2-9-15(14-8-3-5-11-17-14)18-12-6-1-7-13-18/h3,5,8,11,15H,1-2,4,6-7,9,12-13H2. The molecule has 1 atom stereocenters. The molecule has 0 spiro atoms. The van der Waals surface area contributed by atoms with Crippen LogP contribution in [-0.4, -0.2) is 23.0 Å². The lowest BCUT2D eigenvalue weighted by Gasteiger charge is -2.34. The molecular formula is C15H21N3. The zero-order chi connectivity index (χ0) is 12.6. The second-order valence-corrected chi connectivity index (χ2v) is 4.92. The third-order valence-electron chi connectivity index (χ3n) is 3.63. The van der Waals surface area contributed by atoms with Gasteiger partial charge >= 0.3 is 0 Å². The molecule has 2 rings (SSSR count). The summed E-state index contributed by atoms with van der Waals surface area (Å²) in [5.74, 6) is 0. The van der Waals surface area contributed by atoms with E-state index in [1.54, 1.807) is 0 Å². The van der Waals surface area contributed by atoms with Gasteiger partial charge in [0.25, 0.3) is 0 Å². The molecule has 0 saturated carbocycles. The first-order chi connectivity index (χ1) is 8.92. The van der Waals surface area contributed by atoms with Crippen LogP contribution in [0.15, 0.2) is 24.4 Å². The van der Waals surface area contributed by atoms with Crippen molar-refractivity contribution in [3.63, 3.8) is 0 Å². The van der Waals surface area contributed by atoms with Crippen LogP contribution in [0, 0.1) is 11.3 Å². The Bertz CT molecular complexity index is 376. The number of pyridine rings is 1. The molecule has 1 fully saturated rings. The molecule has 3 heteroatoms. The zero-order valence-electron chi connectivity index (χ0n) is 10.9. The minimum atomic E-state index is 0.403. The number of rotatable bonds is 5. The largest absolute Gasteiger partial charge is 0.295 e. The molecule has 0 aliphatic carbocycles. The van der Waals surface area contributed by atoms with Gasteiger partial charge in [-0.3, -0.25) is 9.88 Å². The fourth-order valence-electron chi connectivity index (χ4n) is 2.70. The Balaban J connectivity index is 2.04. The van der Waals surface area contributed by atoms with E-state index in [-0.39, 0.29) is 0 Å². The van der Waals surface area contributed by atoms with Crippen LogP contribution < -0.4 is 0 Å². The lowest BCUT2D eigenvalue weighted by molar-refractivity contribution is 0.151. The Morgan fingerprint density at radius 1 is 1.28 bits per heavy atom. The molecule has 1 unspecified atom stereocenters. The maximum atomic E-state index is 8.68. The number of hydrogen-bond donors (Lipinski definition) is 0. The number of hydrogen-bond acceptors (Lipinski definition) is 3. The Hall–Kier alpha value is -1.40. The molecule has 1 aromatic heterocycles. The van der Waals surface area contributed by atoms with Crippen molar-refractivity contribution in [2.75, 3.05) is 13.1 Å². The smallest absolute Gasteiger partial charge is 0.0621 e. The van der Waals surface area contributed by atoms with Crippen LogP contribution >= 0.6 is 0 Å². The van der Waals surface area contributed by atoms with E-state index in [0.29, 0.717) is 12.5 Å². The highest BCUT2D eigenvalue weighted by molar-refractivity contribution is 5.09. The van der Waals surface area contributed by atoms with Crippen LogP contribution in [0.3, 0.4) is 0 Å². The molecule has 18 heavy (non-hydrogen) atoms. The zero-order valence-corrected chi connectivity index (χ0v) is 10.9. The van der Waals surface area contributed by atoms with Gasteiger partial charge in [0.15, 0.2) is 0 Å². The average Bonchev–Trinajstić information content (AvgIpc) is 2.46. The highest BCUT2D eigenvalue weighted by Gasteiger charge is 2.22. The number of likely N-dealkylation sites (tertiary alicyclic amines) is 1. The Kier molecular flexibility index (Phi) is 5.16. The Morgan fingerprint density at radius 3 is 2.78 bits per heavy atom. The third-order valence-corrected chi connectivity index (χ3v) is 3.63. The van der Waals surface area contributed by atoms with E-state index in [1.807, 2.05) is 12.3 Å². The first-order valence-corrected chi connectivity index (χ1v) is 6.94. The van der Waals surface area contributed by atoms with Crippen molar-refractivity contribution in [2.24, 2.45) is 0 Å². The van der Waals surface area contributed by atoms with Gasteiger partial charge in [-0.1, -0.05) is 12.5 Å². The van der Waals surface area contributed by atoms with Gasteiger partial charge in [0, 0.05) is 12.6 Å². The van der Waals surface area contributed by atoms with Gasteiger partial charge in [-0.15, -0.1) is 0 Å². The van der Waals surface area contributed by atoms with Crippen LogP contribution in [0.5, 0.6) is 0 Å². The van der Waals surface area contributed by atoms with Gasteiger partial charge in [0.2, 0.25) is 0 Å². The van der Waals surface area contributed by atoms with Crippen molar-refractivity contribution in [1.82, 2.24) is 9.88 Å². The van der Waals surface area contributed by atoms with Crippen LogP contribution in [0.2, 0.25) is 0 Å². The van der Waals surface area contributed by atoms with Crippen molar-refractivity contribution in [2.45, 2.75) is 44.6 Å². The average molecular weight is 243 g/mol. The van der Waals surface area contributed by atoms with E-state index in [2.05, 4.69) is 28.1 Å². The maximum absolute atomic E-state index is 8.68. The molecule has 1 saturated heterocycles. The van der Waals surface area contributed by atoms with E-state index in [9.17, 15) is 0 Å². The molecule has 0 radical (unpaired) electrons. The van der Waals surface area contributed by atoms with E-state index in [4.69, 9.17) is 5.26 Å². The summed E-state index contributed by atoms with van der Waals surface area (Å²) < 4.78 is 0. The van der Waals surface area contributed by atoms with Gasteiger partial charge in [-0.2, -0.15) is 5.26 Å². The summed E-state index contributed by atoms with van der Waals surface area (Å²) in [6.45, 7) is 2.35. The molecule has 0 aromatic carbocycles. The fourth-order valence-corrected chi connectivity index (χ4v) is 2.70. The van der Waals surface area contributed by atoms with Crippen molar-refractivity contribution < 1.29 is 0 Å². The number of nitriles is 1. The van der Waals surface area contributed by atoms with Crippen molar-refractivity contribution in [1.29, 1.82) is 5.26 Å². The predicted octanol–water partition coefficient (Wildman–Crippen LogP) is 3.30. The Labute approximate surface area is 109 Å². The minimum absolute atomic E-state index is 0.403. The minimum Gasteiger partial charge on any atom is -0.295 e. The van der Waals surface area contributed by atoms with Gasteiger partial charge in [0.1, 0.15) is 0 Å². The van der Waals surface area contributed by atoms with Crippen molar-refractivity contribution in [3.8, 4) is 6.07 Å². The topological polar surface area (TPSA) is 39.9 Å². The van der Waals surface area contributed by atoms with Crippen molar-refractivity contribution >= 4 is 0 Å². The van der Waals surface area contributed by atoms with E-state index in [1.165, 1.54) is 32.4 Å². The number of nitrogens with zero attached hydrogens (tertiary/aromatic N) is 3. The molecule has 1 aliphatic rings. The molecule has 0 N–H and O–H groups in total. The fraction of sp³-hybridized carbons (Fsp3) is 0.600. The summed E-state index contributed by atoms with van der Waals surface area (Å²) in [5.41, 5.74) is 1.16. The summed E-state index contributed by atoms with van der Waals surface area (Å²) in [6.07, 6.45) is 8.47. The predicted molar refractivity (Wildman–Crippen MR) is 71.9 cm³/mol. The van der Waals surface area contributed by atoms with Crippen LogP contribution in [0.1, 0.15) is 50.3 Å². The summed E-state index contributed by atoms with van der Waals surface area (Å²) in [6, 6.07) is 8.78. The third kappa shape index (κ3) is 3.54. The first kappa shape index (κ1) is 13.0. The molecule has 3 nitrogen and oxygen atoms in total. The number of unbranched alkanes of at least 4 members (excludes halogenated alkanes) is 1. The number of piperidine rings is 1. The summed E-state index contributed by atoms with van der Waals surface area (Å²) in [7, 11) is 0.